The van der Waals surface area contributed by atoms with Crippen molar-refractivity contribution in [3.8, 4) is 0 Å². The highest BCUT2D eigenvalue weighted by atomic mass is 35.5. The first kappa shape index (κ1) is 22.6. The summed E-state index contributed by atoms with van der Waals surface area (Å²) in [6.07, 6.45) is 5.08. The predicted molar refractivity (Wildman–Crippen MR) is 137 cm³/mol. The van der Waals surface area contributed by atoms with Crippen LogP contribution in [0.5, 0.6) is 0 Å². The molecule has 3 aromatic carbocycles. The number of para-hydroxylation sites is 1. The lowest BCUT2D eigenvalue weighted by Gasteiger charge is -2.32. The smallest absolute Gasteiger partial charge is 0.261 e. The zero-order chi connectivity index (χ0) is 23.7. The molecule has 34 heavy (non-hydrogen) atoms. The molecule has 0 bridgehead atoms. The van der Waals surface area contributed by atoms with Gasteiger partial charge in [0.15, 0.2) is 0 Å². The van der Waals surface area contributed by atoms with E-state index in [1.54, 1.807) is 24.3 Å². The Morgan fingerprint density at radius 1 is 0.941 bits per heavy atom. The van der Waals surface area contributed by atoms with Crippen molar-refractivity contribution in [2.24, 2.45) is 0 Å². The number of fused-ring (bicyclic) bond motifs is 1. The monoisotopic (exact) mass is 473 g/mol. The summed E-state index contributed by atoms with van der Waals surface area (Å²) in [7, 11) is 0. The average Bonchev–Trinajstić information content (AvgIpc) is 3.66. The van der Waals surface area contributed by atoms with Crippen LogP contribution in [0.1, 0.15) is 57.5 Å². The first-order valence-electron chi connectivity index (χ1n) is 11.9. The van der Waals surface area contributed by atoms with E-state index in [2.05, 4.69) is 16.7 Å². The SMILES string of the molecule is Cc1ccccc1C(=O)Nc1ccc(C(=O)N2c3ccccc3CCCC2NC2CC2)c(Cl)c1. The van der Waals surface area contributed by atoms with Crippen molar-refractivity contribution in [3.63, 3.8) is 0 Å². The molecule has 1 aliphatic heterocycles. The van der Waals surface area contributed by atoms with E-state index in [4.69, 9.17) is 11.6 Å². The van der Waals surface area contributed by atoms with E-state index < -0.39 is 0 Å². The number of amides is 2. The third-order valence-electron chi connectivity index (χ3n) is 6.56. The number of halogens is 1. The van der Waals surface area contributed by atoms with Crippen LogP contribution in [-0.2, 0) is 6.42 Å². The van der Waals surface area contributed by atoms with E-state index in [-0.39, 0.29) is 18.0 Å². The summed E-state index contributed by atoms with van der Waals surface area (Å²) >= 11 is 6.62. The summed E-state index contributed by atoms with van der Waals surface area (Å²) in [5.74, 6) is -0.335. The highest BCUT2D eigenvalue weighted by Crippen LogP contribution is 2.33. The molecule has 2 N–H and O–H groups in total. The van der Waals surface area contributed by atoms with Crippen LogP contribution in [0.15, 0.2) is 66.7 Å². The molecule has 5 rings (SSSR count). The summed E-state index contributed by atoms with van der Waals surface area (Å²) < 4.78 is 0. The highest BCUT2D eigenvalue weighted by Gasteiger charge is 2.34. The predicted octanol–water partition coefficient (Wildman–Crippen LogP) is 5.96. The molecule has 1 unspecified atom stereocenters. The molecule has 1 heterocycles. The van der Waals surface area contributed by atoms with Crippen molar-refractivity contribution < 1.29 is 9.59 Å². The summed E-state index contributed by atoms with van der Waals surface area (Å²) in [4.78, 5) is 28.4. The third-order valence-corrected chi connectivity index (χ3v) is 6.87. The fraction of sp³-hybridized carbons (Fsp3) is 0.286. The van der Waals surface area contributed by atoms with Crippen LogP contribution in [0.4, 0.5) is 11.4 Å². The van der Waals surface area contributed by atoms with Crippen molar-refractivity contribution in [2.75, 3.05) is 10.2 Å². The highest BCUT2D eigenvalue weighted by molar-refractivity contribution is 6.35. The lowest BCUT2D eigenvalue weighted by molar-refractivity contribution is 0.0969. The summed E-state index contributed by atoms with van der Waals surface area (Å²) in [5, 5.41) is 6.87. The van der Waals surface area contributed by atoms with Gasteiger partial charge in [0.25, 0.3) is 11.8 Å². The second kappa shape index (κ2) is 9.61. The Bertz CT molecular complexity index is 1240. The zero-order valence-corrected chi connectivity index (χ0v) is 19.9. The maximum Gasteiger partial charge on any atom is 0.261 e. The number of hydrogen-bond donors (Lipinski definition) is 2. The van der Waals surface area contributed by atoms with Crippen LogP contribution < -0.4 is 15.5 Å². The van der Waals surface area contributed by atoms with Gasteiger partial charge in [0, 0.05) is 23.0 Å². The number of aryl methyl sites for hydroxylation is 2. The molecular formula is C28H28ClN3O2. The van der Waals surface area contributed by atoms with Gasteiger partial charge in [0.2, 0.25) is 0 Å². The van der Waals surface area contributed by atoms with Crippen molar-refractivity contribution in [1.82, 2.24) is 5.32 Å². The molecule has 2 amide bonds. The molecule has 0 saturated heterocycles. The van der Waals surface area contributed by atoms with Gasteiger partial charge in [-0.3, -0.25) is 19.8 Å². The maximum atomic E-state index is 13.9. The molecule has 0 spiro atoms. The topological polar surface area (TPSA) is 61.4 Å². The number of nitrogens with zero attached hydrogens (tertiary/aromatic N) is 1. The van der Waals surface area contributed by atoms with Gasteiger partial charge in [-0.15, -0.1) is 0 Å². The molecular weight excluding hydrogens is 446 g/mol. The largest absolute Gasteiger partial charge is 0.322 e. The van der Waals surface area contributed by atoms with Crippen LogP contribution in [0.25, 0.3) is 0 Å². The Labute approximate surface area is 205 Å². The Balaban J connectivity index is 1.42. The molecule has 1 saturated carbocycles. The minimum Gasteiger partial charge on any atom is -0.322 e. The van der Waals surface area contributed by atoms with Crippen LogP contribution in [0, 0.1) is 6.92 Å². The van der Waals surface area contributed by atoms with Gasteiger partial charge in [0.05, 0.1) is 16.8 Å². The fourth-order valence-corrected chi connectivity index (χ4v) is 4.85. The normalized spacial score (nSPS) is 17.6. The quantitative estimate of drug-likeness (QED) is 0.480. The number of anilines is 2. The molecule has 1 fully saturated rings. The van der Waals surface area contributed by atoms with Gasteiger partial charge in [-0.2, -0.15) is 0 Å². The third kappa shape index (κ3) is 4.72. The molecule has 6 heteroatoms. The van der Waals surface area contributed by atoms with E-state index in [1.807, 2.05) is 48.2 Å². The maximum absolute atomic E-state index is 13.9. The molecule has 2 aliphatic rings. The van der Waals surface area contributed by atoms with Crippen LogP contribution >= 0.6 is 11.6 Å². The molecule has 3 aromatic rings. The van der Waals surface area contributed by atoms with E-state index in [0.29, 0.717) is 27.9 Å². The van der Waals surface area contributed by atoms with Crippen molar-refractivity contribution in [3.05, 3.63) is 94.0 Å². The summed E-state index contributed by atoms with van der Waals surface area (Å²) in [6.45, 7) is 1.90. The van der Waals surface area contributed by atoms with Gasteiger partial charge in [-0.25, -0.2) is 0 Å². The van der Waals surface area contributed by atoms with Crippen LogP contribution in [-0.4, -0.2) is 24.0 Å². The van der Waals surface area contributed by atoms with Crippen molar-refractivity contribution >= 4 is 34.8 Å². The average molecular weight is 474 g/mol. The van der Waals surface area contributed by atoms with Gasteiger partial charge in [-0.05, 0) is 80.5 Å². The lowest BCUT2D eigenvalue weighted by Crippen LogP contribution is -2.49. The molecule has 5 nitrogen and oxygen atoms in total. The summed E-state index contributed by atoms with van der Waals surface area (Å²) in [6, 6.07) is 21.1. The Kier molecular flexibility index (Phi) is 6.40. The number of benzene rings is 3. The van der Waals surface area contributed by atoms with Crippen LogP contribution in [0.2, 0.25) is 5.02 Å². The molecule has 1 aliphatic carbocycles. The lowest BCUT2D eigenvalue weighted by atomic mass is 10.1. The van der Waals surface area contributed by atoms with E-state index in [9.17, 15) is 9.59 Å². The van der Waals surface area contributed by atoms with Gasteiger partial charge in [-0.1, -0.05) is 48.0 Å². The molecule has 1 atom stereocenters. The van der Waals surface area contributed by atoms with Crippen molar-refractivity contribution in [1.29, 1.82) is 0 Å². The van der Waals surface area contributed by atoms with Crippen molar-refractivity contribution in [2.45, 2.75) is 51.2 Å². The first-order valence-corrected chi connectivity index (χ1v) is 12.2. The minimum atomic E-state index is -0.205. The second-order valence-electron chi connectivity index (χ2n) is 9.12. The van der Waals surface area contributed by atoms with Gasteiger partial charge in [0.1, 0.15) is 0 Å². The Morgan fingerprint density at radius 3 is 2.47 bits per heavy atom. The minimum absolute atomic E-state index is 0.0693. The number of nitrogens with one attached hydrogen (secondary N) is 2. The molecule has 0 aromatic heterocycles. The second-order valence-corrected chi connectivity index (χ2v) is 9.52. The zero-order valence-electron chi connectivity index (χ0n) is 19.2. The molecule has 174 valence electrons. The Hall–Kier alpha value is -3.15. The Morgan fingerprint density at radius 2 is 1.71 bits per heavy atom. The number of carbonyl (C=O) groups is 2. The number of hydrogen-bond acceptors (Lipinski definition) is 3. The number of rotatable bonds is 5. The summed E-state index contributed by atoms with van der Waals surface area (Å²) in [5.41, 5.74) is 4.60. The van der Waals surface area contributed by atoms with E-state index >= 15 is 0 Å². The number of carbonyl (C=O) groups excluding carboxylic acids is 2. The van der Waals surface area contributed by atoms with Crippen LogP contribution in [0.3, 0.4) is 0 Å². The van der Waals surface area contributed by atoms with Gasteiger partial charge < -0.3 is 5.32 Å². The van der Waals surface area contributed by atoms with E-state index in [0.717, 1.165) is 43.4 Å². The fourth-order valence-electron chi connectivity index (χ4n) is 4.59. The standard InChI is InChI=1S/C28H28ClN3O2/c1-18-7-2-4-10-22(18)27(33)31-21-15-16-23(24(29)17-21)28(34)32-25-11-5-3-8-19(25)9-6-12-26(32)30-20-13-14-20/h2-5,7-8,10-11,15-17,20,26,30H,6,9,12-14H2,1H3,(H,31,33). The first-order chi connectivity index (χ1) is 16.5. The van der Waals surface area contributed by atoms with Gasteiger partial charge >= 0.3 is 0 Å². The molecule has 0 radical (unpaired) electrons. The van der Waals surface area contributed by atoms with E-state index in [1.165, 1.54) is 5.56 Å².